The molecule has 5 heteroatoms. The van der Waals surface area contributed by atoms with Gasteiger partial charge in [0.2, 0.25) is 0 Å². The fourth-order valence-corrected chi connectivity index (χ4v) is 3.05. The van der Waals surface area contributed by atoms with Gasteiger partial charge in [0.1, 0.15) is 12.2 Å². The summed E-state index contributed by atoms with van der Waals surface area (Å²) in [5.41, 5.74) is 2.25. The van der Waals surface area contributed by atoms with Crippen LogP contribution in [0.15, 0.2) is 24.1 Å². The fraction of sp³-hybridized carbons (Fsp3) is 0.308. The monoisotopic (exact) mass is 258 g/mol. The molecule has 0 aliphatic carbocycles. The van der Waals surface area contributed by atoms with E-state index >= 15 is 0 Å². The van der Waals surface area contributed by atoms with Crippen LogP contribution < -0.4 is 0 Å². The molecule has 0 spiro atoms. The van der Waals surface area contributed by atoms with Crippen molar-refractivity contribution in [1.29, 1.82) is 0 Å². The van der Waals surface area contributed by atoms with E-state index in [-0.39, 0.29) is 0 Å². The lowest BCUT2D eigenvalue weighted by Gasteiger charge is -2.06. The molecule has 3 aromatic heterocycles. The Labute approximate surface area is 109 Å². The van der Waals surface area contributed by atoms with Gasteiger partial charge < -0.3 is 0 Å². The third kappa shape index (κ3) is 1.71. The number of rotatable bonds is 3. The van der Waals surface area contributed by atoms with Crippen LogP contribution in [0.3, 0.4) is 0 Å². The molecule has 0 N–H and O–H groups in total. The van der Waals surface area contributed by atoms with Gasteiger partial charge in [0, 0.05) is 18.8 Å². The van der Waals surface area contributed by atoms with E-state index in [1.807, 2.05) is 12.4 Å². The molecule has 0 amide bonds. The van der Waals surface area contributed by atoms with E-state index in [1.165, 1.54) is 5.56 Å². The Morgan fingerprint density at radius 2 is 2.17 bits per heavy atom. The molecule has 18 heavy (non-hydrogen) atoms. The minimum absolute atomic E-state index is 0.944. The molecule has 3 rings (SSSR count). The van der Waals surface area contributed by atoms with Crippen molar-refractivity contribution in [1.82, 2.24) is 19.5 Å². The highest BCUT2D eigenvalue weighted by Gasteiger charge is 2.12. The normalized spacial score (nSPS) is 11.2. The predicted octanol–water partition coefficient (Wildman–Crippen LogP) is 3.14. The molecule has 0 aliphatic heterocycles. The maximum Gasteiger partial charge on any atom is 0.159 e. The van der Waals surface area contributed by atoms with Crippen molar-refractivity contribution >= 4 is 21.6 Å². The fourth-order valence-electron chi connectivity index (χ4n) is 2.06. The molecular weight excluding hydrogens is 244 g/mol. The van der Waals surface area contributed by atoms with E-state index in [4.69, 9.17) is 0 Å². The van der Waals surface area contributed by atoms with Crippen molar-refractivity contribution in [2.24, 2.45) is 0 Å². The minimum Gasteiger partial charge on any atom is -0.287 e. The standard InChI is InChI=1S/C13H14N4S/c1-3-4-10-14-5-6-17(10)13-12-11(15-8-16-13)9(2)7-18-12/h5-8H,3-4H2,1-2H3. The summed E-state index contributed by atoms with van der Waals surface area (Å²) in [4.78, 5) is 13.2. The third-order valence-corrected chi connectivity index (χ3v) is 4.01. The first-order chi connectivity index (χ1) is 8.81. The molecule has 92 valence electrons. The summed E-state index contributed by atoms with van der Waals surface area (Å²) in [5, 5.41) is 2.12. The lowest BCUT2D eigenvalue weighted by molar-refractivity contribution is 0.800. The van der Waals surface area contributed by atoms with Gasteiger partial charge in [-0.15, -0.1) is 11.3 Å². The van der Waals surface area contributed by atoms with Crippen LogP contribution in [-0.2, 0) is 6.42 Å². The van der Waals surface area contributed by atoms with Crippen molar-refractivity contribution in [2.75, 3.05) is 0 Å². The molecule has 3 heterocycles. The van der Waals surface area contributed by atoms with Crippen LogP contribution >= 0.6 is 11.3 Å². The number of nitrogens with zero attached hydrogens (tertiary/aromatic N) is 4. The van der Waals surface area contributed by atoms with Crippen LogP contribution in [0.25, 0.3) is 16.0 Å². The molecule has 0 radical (unpaired) electrons. The SMILES string of the molecule is CCCc1nccn1-c1ncnc2c(C)csc12. The average Bonchev–Trinajstić information content (AvgIpc) is 2.98. The summed E-state index contributed by atoms with van der Waals surface area (Å²) < 4.78 is 3.20. The van der Waals surface area contributed by atoms with Gasteiger partial charge in [-0.25, -0.2) is 15.0 Å². The van der Waals surface area contributed by atoms with E-state index < -0.39 is 0 Å². The molecule has 0 fully saturated rings. The zero-order valence-corrected chi connectivity index (χ0v) is 11.2. The van der Waals surface area contributed by atoms with E-state index in [1.54, 1.807) is 17.7 Å². The van der Waals surface area contributed by atoms with E-state index in [2.05, 4.69) is 38.7 Å². The summed E-state index contributed by atoms with van der Waals surface area (Å²) in [7, 11) is 0. The van der Waals surface area contributed by atoms with E-state index in [9.17, 15) is 0 Å². The Balaban J connectivity index is 2.22. The van der Waals surface area contributed by atoms with Gasteiger partial charge in [-0.05, 0) is 24.3 Å². The van der Waals surface area contributed by atoms with Gasteiger partial charge >= 0.3 is 0 Å². The Kier molecular flexibility index (Phi) is 2.83. The molecule has 4 nitrogen and oxygen atoms in total. The van der Waals surface area contributed by atoms with Crippen molar-refractivity contribution in [3.8, 4) is 5.82 Å². The van der Waals surface area contributed by atoms with Gasteiger partial charge in [-0.2, -0.15) is 0 Å². The number of aromatic nitrogens is 4. The number of imidazole rings is 1. The summed E-state index contributed by atoms with van der Waals surface area (Å²) in [5.74, 6) is 2.00. The van der Waals surface area contributed by atoms with Crippen LogP contribution in [0.5, 0.6) is 0 Å². The zero-order chi connectivity index (χ0) is 12.5. The highest BCUT2D eigenvalue weighted by atomic mass is 32.1. The first-order valence-corrected chi connectivity index (χ1v) is 6.90. The first kappa shape index (κ1) is 11.3. The van der Waals surface area contributed by atoms with Gasteiger partial charge in [0.25, 0.3) is 0 Å². The Morgan fingerprint density at radius 1 is 1.28 bits per heavy atom. The summed E-state index contributed by atoms with van der Waals surface area (Å²) >= 11 is 1.69. The number of fused-ring (bicyclic) bond motifs is 1. The zero-order valence-electron chi connectivity index (χ0n) is 10.4. The van der Waals surface area contributed by atoms with Crippen LogP contribution in [0.4, 0.5) is 0 Å². The maximum atomic E-state index is 4.43. The van der Waals surface area contributed by atoms with Gasteiger partial charge in [0.15, 0.2) is 5.82 Å². The second-order valence-corrected chi connectivity index (χ2v) is 5.14. The molecular formula is C13H14N4S. The number of hydrogen-bond donors (Lipinski definition) is 0. The highest BCUT2D eigenvalue weighted by Crippen LogP contribution is 2.28. The predicted molar refractivity (Wildman–Crippen MR) is 73.3 cm³/mol. The van der Waals surface area contributed by atoms with Gasteiger partial charge in [-0.3, -0.25) is 4.57 Å². The highest BCUT2D eigenvalue weighted by molar-refractivity contribution is 7.17. The van der Waals surface area contributed by atoms with Crippen LogP contribution in [-0.4, -0.2) is 19.5 Å². The smallest absolute Gasteiger partial charge is 0.159 e. The number of thiophene rings is 1. The number of hydrogen-bond acceptors (Lipinski definition) is 4. The third-order valence-electron chi connectivity index (χ3n) is 2.93. The maximum absolute atomic E-state index is 4.43. The minimum atomic E-state index is 0.944. The molecule has 0 aliphatic rings. The molecule has 0 atom stereocenters. The van der Waals surface area contributed by atoms with Gasteiger partial charge in [-0.1, -0.05) is 6.92 Å². The van der Waals surface area contributed by atoms with E-state index in [0.29, 0.717) is 0 Å². The average molecular weight is 258 g/mol. The largest absolute Gasteiger partial charge is 0.287 e. The molecule has 0 unspecified atom stereocenters. The van der Waals surface area contributed by atoms with Crippen LogP contribution in [0.1, 0.15) is 24.7 Å². The van der Waals surface area contributed by atoms with Gasteiger partial charge in [0.05, 0.1) is 10.2 Å². The van der Waals surface area contributed by atoms with Crippen LogP contribution in [0.2, 0.25) is 0 Å². The molecule has 0 saturated carbocycles. The molecule has 3 aromatic rings. The summed E-state index contributed by atoms with van der Waals surface area (Å²) in [6.07, 6.45) is 7.48. The van der Waals surface area contributed by atoms with Crippen LogP contribution in [0, 0.1) is 6.92 Å². The van der Waals surface area contributed by atoms with Crippen molar-refractivity contribution < 1.29 is 0 Å². The van der Waals surface area contributed by atoms with Crippen molar-refractivity contribution in [3.63, 3.8) is 0 Å². The first-order valence-electron chi connectivity index (χ1n) is 6.02. The number of aryl methyl sites for hydroxylation is 2. The lowest BCUT2D eigenvalue weighted by atomic mass is 10.3. The molecule has 0 saturated heterocycles. The van der Waals surface area contributed by atoms with Crippen molar-refractivity contribution in [2.45, 2.75) is 26.7 Å². The Hall–Kier alpha value is -1.75. The topological polar surface area (TPSA) is 43.6 Å². The van der Waals surface area contributed by atoms with E-state index in [0.717, 1.165) is 34.7 Å². The second kappa shape index (κ2) is 4.49. The molecule has 0 bridgehead atoms. The lowest BCUT2D eigenvalue weighted by Crippen LogP contribution is -2.03. The Bertz CT molecular complexity index is 683. The van der Waals surface area contributed by atoms with Crippen molar-refractivity contribution in [3.05, 3.63) is 35.5 Å². The Morgan fingerprint density at radius 3 is 3.00 bits per heavy atom. The second-order valence-electron chi connectivity index (χ2n) is 4.26. The quantitative estimate of drug-likeness (QED) is 0.725. The summed E-state index contributed by atoms with van der Waals surface area (Å²) in [6, 6.07) is 0. The molecule has 0 aromatic carbocycles. The summed E-state index contributed by atoms with van der Waals surface area (Å²) in [6.45, 7) is 4.24.